The van der Waals surface area contributed by atoms with E-state index >= 15 is 0 Å². The van der Waals surface area contributed by atoms with Gasteiger partial charge in [-0.25, -0.2) is 0 Å². The maximum absolute atomic E-state index is 3.42. The van der Waals surface area contributed by atoms with Gasteiger partial charge in [-0.15, -0.1) is 0 Å². The van der Waals surface area contributed by atoms with E-state index in [9.17, 15) is 0 Å². The highest BCUT2D eigenvalue weighted by Gasteiger charge is 1.95. The van der Waals surface area contributed by atoms with E-state index in [-0.39, 0.29) is 0 Å². The number of anilines is 1. The van der Waals surface area contributed by atoms with E-state index in [1.807, 2.05) is 6.07 Å². The average molecular weight is 214 g/mol. The minimum Gasteiger partial charge on any atom is -0.385 e. The first kappa shape index (κ1) is 8.60. The summed E-state index contributed by atoms with van der Waals surface area (Å²) >= 11 is 3.42. The quantitative estimate of drug-likeness (QED) is 0.797. The molecule has 1 aromatic rings. The van der Waals surface area contributed by atoms with Gasteiger partial charge in [0.15, 0.2) is 0 Å². The van der Waals surface area contributed by atoms with Crippen LogP contribution in [-0.4, -0.2) is 6.54 Å². The van der Waals surface area contributed by atoms with Gasteiger partial charge in [0.05, 0.1) is 0 Å². The van der Waals surface area contributed by atoms with E-state index in [4.69, 9.17) is 0 Å². The third-order valence-electron chi connectivity index (χ3n) is 1.56. The highest BCUT2D eigenvalue weighted by Crippen LogP contribution is 2.19. The first-order valence-electron chi connectivity index (χ1n) is 3.74. The van der Waals surface area contributed by atoms with Crippen molar-refractivity contribution in [2.24, 2.45) is 0 Å². The van der Waals surface area contributed by atoms with Crippen molar-refractivity contribution in [2.75, 3.05) is 11.9 Å². The Morgan fingerprint density at radius 2 is 2.18 bits per heavy atom. The molecule has 0 aliphatic carbocycles. The molecule has 1 rings (SSSR count). The molecule has 0 unspecified atom stereocenters. The van der Waals surface area contributed by atoms with E-state index in [0.717, 1.165) is 11.0 Å². The number of halogens is 1. The fourth-order valence-electron chi connectivity index (χ4n) is 1.02. The molecule has 0 saturated heterocycles. The average Bonchev–Trinajstić information content (AvgIpc) is 1.95. The maximum atomic E-state index is 3.42. The lowest BCUT2D eigenvalue weighted by Crippen LogP contribution is -1.97. The smallest absolute Gasteiger partial charge is 0.0370 e. The number of hydrogen-bond donors (Lipinski definition) is 1. The summed E-state index contributed by atoms with van der Waals surface area (Å²) in [5, 5.41) is 3.28. The van der Waals surface area contributed by atoms with Crippen molar-refractivity contribution in [3.63, 3.8) is 0 Å². The van der Waals surface area contributed by atoms with E-state index < -0.39 is 0 Å². The third-order valence-corrected chi connectivity index (χ3v) is 2.05. The topological polar surface area (TPSA) is 12.0 Å². The standard InChI is InChI=1S/C9H12BrN/c1-3-11-9-5-4-8(10)6-7(9)2/h4-6,11H,3H2,1-2H3. The summed E-state index contributed by atoms with van der Waals surface area (Å²) in [5.74, 6) is 0. The molecular formula is C9H12BrN. The normalized spacial score (nSPS) is 9.73. The van der Waals surface area contributed by atoms with Crippen molar-refractivity contribution in [1.82, 2.24) is 0 Å². The van der Waals surface area contributed by atoms with Crippen LogP contribution in [0.4, 0.5) is 5.69 Å². The monoisotopic (exact) mass is 213 g/mol. The van der Waals surface area contributed by atoms with Crippen molar-refractivity contribution in [3.05, 3.63) is 28.2 Å². The Hall–Kier alpha value is -0.500. The molecule has 1 N–H and O–H groups in total. The van der Waals surface area contributed by atoms with Crippen LogP contribution in [0.3, 0.4) is 0 Å². The number of benzene rings is 1. The lowest BCUT2D eigenvalue weighted by molar-refractivity contribution is 1.20. The number of aryl methyl sites for hydroxylation is 1. The second kappa shape index (κ2) is 3.77. The molecule has 0 amide bonds. The van der Waals surface area contributed by atoms with Gasteiger partial charge in [-0.3, -0.25) is 0 Å². The summed E-state index contributed by atoms with van der Waals surface area (Å²) in [6, 6.07) is 6.24. The Bertz CT molecular complexity index is 245. The molecule has 0 fully saturated rings. The van der Waals surface area contributed by atoms with Gasteiger partial charge in [-0.2, -0.15) is 0 Å². The highest BCUT2D eigenvalue weighted by molar-refractivity contribution is 9.10. The molecule has 0 aliphatic rings. The Balaban J connectivity index is 2.90. The van der Waals surface area contributed by atoms with Crippen molar-refractivity contribution in [2.45, 2.75) is 13.8 Å². The van der Waals surface area contributed by atoms with Crippen LogP contribution in [0.15, 0.2) is 22.7 Å². The molecule has 2 heteroatoms. The molecule has 0 atom stereocenters. The van der Waals surface area contributed by atoms with Crippen molar-refractivity contribution in [3.8, 4) is 0 Å². The summed E-state index contributed by atoms with van der Waals surface area (Å²) in [5.41, 5.74) is 2.50. The Labute approximate surface area is 75.9 Å². The zero-order valence-corrected chi connectivity index (χ0v) is 8.40. The Morgan fingerprint density at radius 1 is 1.45 bits per heavy atom. The van der Waals surface area contributed by atoms with Gasteiger partial charge in [0.2, 0.25) is 0 Å². The van der Waals surface area contributed by atoms with E-state index in [2.05, 4.69) is 47.2 Å². The molecule has 11 heavy (non-hydrogen) atoms. The van der Waals surface area contributed by atoms with Gasteiger partial charge in [0.25, 0.3) is 0 Å². The van der Waals surface area contributed by atoms with E-state index in [1.165, 1.54) is 11.3 Å². The van der Waals surface area contributed by atoms with E-state index in [0.29, 0.717) is 0 Å². The molecule has 0 spiro atoms. The summed E-state index contributed by atoms with van der Waals surface area (Å²) in [7, 11) is 0. The SMILES string of the molecule is CCNc1ccc(Br)cc1C. The van der Waals surface area contributed by atoms with Crippen molar-refractivity contribution >= 4 is 21.6 Å². The number of rotatable bonds is 2. The first-order chi connectivity index (χ1) is 5.24. The van der Waals surface area contributed by atoms with Crippen LogP contribution in [-0.2, 0) is 0 Å². The Kier molecular flexibility index (Phi) is 2.94. The second-order valence-electron chi connectivity index (χ2n) is 2.49. The summed E-state index contributed by atoms with van der Waals surface area (Å²) < 4.78 is 1.14. The molecule has 0 saturated carbocycles. The lowest BCUT2D eigenvalue weighted by atomic mass is 10.2. The van der Waals surface area contributed by atoms with Gasteiger partial charge in [0.1, 0.15) is 0 Å². The van der Waals surface area contributed by atoms with Crippen molar-refractivity contribution in [1.29, 1.82) is 0 Å². The van der Waals surface area contributed by atoms with Crippen molar-refractivity contribution < 1.29 is 0 Å². The fraction of sp³-hybridized carbons (Fsp3) is 0.333. The molecule has 0 aliphatic heterocycles. The van der Waals surface area contributed by atoms with Gasteiger partial charge in [-0.1, -0.05) is 15.9 Å². The molecule has 0 heterocycles. The van der Waals surface area contributed by atoms with Crippen LogP contribution in [0.2, 0.25) is 0 Å². The van der Waals surface area contributed by atoms with Crippen LogP contribution < -0.4 is 5.32 Å². The fourth-order valence-corrected chi connectivity index (χ4v) is 1.49. The minimum atomic E-state index is 0.975. The zero-order valence-electron chi connectivity index (χ0n) is 6.82. The Morgan fingerprint density at radius 3 is 2.73 bits per heavy atom. The third kappa shape index (κ3) is 2.22. The minimum absolute atomic E-state index is 0.975. The second-order valence-corrected chi connectivity index (χ2v) is 3.41. The zero-order chi connectivity index (χ0) is 8.27. The van der Waals surface area contributed by atoms with E-state index in [1.54, 1.807) is 0 Å². The largest absolute Gasteiger partial charge is 0.385 e. The summed E-state index contributed by atoms with van der Waals surface area (Å²) in [6.07, 6.45) is 0. The first-order valence-corrected chi connectivity index (χ1v) is 4.53. The van der Waals surface area contributed by atoms with Crippen LogP contribution in [0.25, 0.3) is 0 Å². The van der Waals surface area contributed by atoms with Crippen LogP contribution >= 0.6 is 15.9 Å². The predicted octanol–water partition coefficient (Wildman–Crippen LogP) is 3.19. The predicted molar refractivity (Wildman–Crippen MR) is 53.0 cm³/mol. The molecule has 0 bridgehead atoms. The van der Waals surface area contributed by atoms with Gasteiger partial charge in [-0.05, 0) is 37.6 Å². The number of nitrogens with one attached hydrogen (secondary N) is 1. The highest BCUT2D eigenvalue weighted by atomic mass is 79.9. The summed E-state index contributed by atoms with van der Waals surface area (Å²) in [6.45, 7) is 5.17. The maximum Gasteiger partial charge on any atom is 0.0370 e. The lowest BCUT2D eigenvalue weighted by Gasteiger charge is -2.06. The molecule has 1 nitrogen and oxygen atoms in total. The van der Waals surface area contributed by atoms with Crippen LogP contribution in [0, 0.1) is 6.92 Å². The molecule has 60 valence electrons. The number of hydrogen-bond acceptors (Lipinski definition) is 1. The van der Waals surface area contributed by atoms with Gasteiger partial charge < -0.3 is 5.32 Å². The molecule has 0 aromatic heterocycles. The van der Waals surface area contributed by atoms with Gasteiger partial charge >= 0.3 is 0 Å². The van der Waals surface area contributed by atoms with Gasteiger partial charge in [0, 0.05) is 16.7 Å². The van der Waals surface area contributed by atoms with Crippen LogP contribution in [0.1, 0.15) is 12.5 Å². The van der Waals surface area contributed by atoms with Crippen LogP contribution in [0.5, 0.6) is 0 Å². The molecule has 1 aromatic carbocycles. The molecule has 0 radical (unpaired) electrons. The summed E-state index contributed by atoms with van der Waals surface area (Å²) in [4.78, 5) is 0. The molecular weight excluding hydrogens is 202 g/mol.